The van der Waals surface area contributed by atoms with Gasteiger partial charge in [0.25, 0.3) is 0 Å². The molecule has 0 aliphatic carbocycles. The lowest BCUT2D eigenvalue weighted by atomic mass is 10.3. The molecule has 0 unspecified atom stereocenters. The van der Waals surface area contributed by atoms with Gasteiger partial charge in [-0.1, -0.05) is 11.6 Å². The topological polar surface area (TPSA) is 89.6 Å². The van der Waals surface area contributed by atoms with Crippen LogP contribution >= 0.6 is 11.6 Å². The Kier molecular flexibility index (Phi) is 2.20. The number of nitrogens with one attached hydrogen (secondary N) is 1. The van der Waals surface area contributed by atoms with Crippen LogP contribution in [0.15, 0.2) is 16.9 Å². The highest BCUT2D eigenvalue weighted by molar-refractivity contribution is 6.29. The summed E-state index contributed by atoms with van der Waals surface area (Å²) in [5.74, 6) is 0.308. The number of anilines is 1. The van der Waals surface area contributed by atoms with E-state index in [1.165, 1.54) is 7.05 Å². The summed E-state index contributed by atoms with van der Waals surface area (Å²) in [5.41, 5.74) is 6.15. The van der Waals surface area contributed by atoms with Crippen LogP contribution < -0.4 is 11.4 Å². The van der Waals surface area contributed by atoms with Gasteiger partial charge in [-0.05, 0) is 12.1 Å². The van der Waals surface area contributed by atoms with E-state index in [0.29, 0.717) is 22.4 Å². The third-order valence-corrected chi connectivity index (χ3v) is 2.10. The van der Waals surface area contributed by atoms with Gasteiger partial charge in [-0.2, -0.15) is 0 Å². The number of pyridine rings is 1. The zero-order valence-corrected chi connectivity index (χ0v) is 8.62. The van der Waals surface area contributed by atoms with Crippen molar-refractivity contribution in [3.63, 3.8) is 0 Å². The van der Waals surface area contributed by atoms with E-state index in [2.05, 4.69) is 15.1 Å². The van der Waals surface area contributed by atoms with Gasteiger partial charge in [0.1, 0.15) is 10.8 Å². The maximum absolute atomic E-state index is 11.2. The van der Waals surface area contributed by atoms with Crippen molar-refractivity contribution < 1.29 is 0 Å². The predicted octanol–water partition coefficient (Wildman–Crippen LogP) is 0.406. The summed E-state index contributed by atoms with van der Waals surface area (Å²) >= 11 is 5.72. The molecule has 2 aromatic heterocycles. The number of halogens is 1. The van der Waals surface area contributed by atoms with Crippen molar-refractivity contribution in [1.29, 1.82) is 0 Å². The first-order valence-corrected chi connectivity index (χ1v) is 4.51. The average molecular weight is 226 g/mol. The number of H-pyrrole nitrogens is 1. The Hall–Kier alpha value is -1.82. The van der Waals surface area contributed by atoms with Gasteiger partial charge in [-0.15, -0.1) is 5.10 Å². The van der Waals surface area contributed by atoms with Crippen LogP contribution in [-0.4, -0.2) is 19.7 Å². The second-order valence-electron chi connectivity index (χ2n) is 2.97. The third-order valence-electron chi connectivity index (χ3n) is 1.89. The van der Waals surface area contributed by atoms with Crippen LogP contribution in [-0.2, 0) is 7.05 Å². The lowest BCUT2D eigenvalue weighted by Gasteiger charge is -2.00. The van der Waals surface area contributed by atoms with Crippen molar-refractivity contribution in [2.75, 3.05) is 5.73 Å². The molecule has 7 heteroatoms. The summed E-state index contributed by atoms with van der Waals surface area (Å²) in [5, 5.41) is 4.23. The molecular weight excluding hydrogens is 218 g/mol. The van der Waals surface area contributed by atoms with Crippen molar-refractivity contribution in [3.8, 4) is 11.5 Å². The Balaban J connectivity index is 2.63. The van der Waals surface area contributed by atoms with Gasteiger partial charge in [0.2, 0.25) is 0 Å². The Morgan fingerprint density at radius 1 is 1.53 bits per heavy atom. The molecular formula is C8H8ClN5O. The third kappa shape index (κ3) is 1.71. The quantitative estimate of drug-likeness (QED) is 0.688. The van der Waals surface area contributed by atoms with Crippen LogP contribution in [0.2, 0.25) is 5.15 Å². The number of aryl methyl sites for hydroxylation is 1. The summed E-state index contributed by atoms with van der Waals surface area (Å²) in [4.78, 5) is 17.7. The summed E-state index contributed by atoms with van der Waals surface area (Å²) in [6, 6.07) is 3.18. The van der Waals surface area contributed by atoms with Crippen molar-refractivity contribution in [2.24, 2.45) is 7.05 Å². The molecule has 3 N–H and O–H groups in total. The maximum Gasteiger partial charge on any atom is 0.343 e. The zero-order valence-electron chi connectivity index (χ0n) is 7.86. The van der Waals surface area contributed by atoms with Gasteiger partial charge in [0.05, 0.1) is 5.69 Å². The van der Waals surface area contributed by atoms with Crippen LogP contribution in [0.5, 0.6) is 0 Å². The highest BCUT2D eigenvalue weighted by Crippen LogP contribution is 2.21. The molecule has 0 atom stereocenters. The van der Waals surface area contributed by atoms with Gasteiger partial charge in [0.15, 0.2) is 5.82 Å². The minimum atomic E-state index is -0.328. The molecule has 0 aromatic carbocycles. The lowest BCUT2D eigenvalue weighted by molar-refractivity contribution is 0.735. The predicted molar refractivity (Wildman–Crippen MR) is 56.5 cm³/mol. The van der Waals surface area contributed by atoms with E-state index < -0.39 is 0 Å². The Morgan fingerprint density at radius 2 is 2.27 bits per heavy atom. The first kappa shape index (κ1) is 9.72. The molecule has 2 aromatic rings. The fourth-order valence-electron chi connectivity index (χ4n) is 1.14. The highest BCUT2D eigenvalue weighted by Gasteiger charge is 2.10. The Morgan fingerprint density at radius 3 is 2.87 bits per heavy atom. The Bertz CT molecular complexity index is 558. The molecule has 15 heavy (non-hydrogen) atoms. The molecule has 0 fully saturated rings. The molecule has 0 amide bonds. The van der Waals surface area contributed by atoms with Crippen molar-refractivity contribution in [3.05, 3.63) is 27.8 Å². The number of hydrogen-bond donors (Lipinski definition) is 2. The minimum absolute atomic E-state index is 0.297. The standard InChI is InChI=1S/C8H8ClN5O/c1-14-8(15)12-7(13-14)6-4(10)2-3-5(9)11-6/h2-3H,10H2,1H3,(H,12,13,15). The van der Waals surface area contributed by atoms with E-state index in [9.17, 15) is 4.79 Å². The summed E-state index contributed by atoms with van der Waals surface area (Å²) < 4.78 is 1.16. The van der Waals surface area contributed by atoms with E-state index >= 15 is 0 Å². The van der Waals surface area contributed by atoms with Crippen LogP contribution in [0.4, 0.5) is 5.69 Å². The summed E-state index contributed by atoms with van der Waals surface area (Å²) in [7, 11) is 1.53. The highest BCUT2D eigenvalue weighted by atomic mass is 35.5. The second kappa shape index (κ2) is 3.39. The fourth-order valence-corrected chi connectivity index (χ4v) is 1.29. The number of aromatic nitrogens is 4. The van der Waals surface area contributed by atoms with E-state index in [1.54, 1.807) is 12.1 Å². The summed E-state index contributed by atoms with van der Waals surface area (Å²) in [6.07, 6.45) is 0. The molecule has 78 valence electrons. The van der Waals surface area contributed by atoms with E-state index in [4.69, 9.17) is 17.3 Å². The minimum Gasteiger partial charge on any atom is -0.397 e. The van der Waals surface area contributed by atoms with E-state index in [-0.39, 0.29) is 5.69 Å². The van der Waals surface area contributed by atoms with Gasteiger partial charge in [-0.25, -0.2) is 14.5 Å². The van der Waals surface area contributed by atoms with Gasteiger partial charge in [-0.3, -0.25) is 4.98 Å². The number of nitrogen functional groups attached to an aromatic ring is 1. The van der Waals surface area contributed by atoms with Crippen LogP contribution in [0.3, 0.4) is 0 Å². The molecule has 0 radical (unpaired) electrons. The largest absolute Gasteiger partial charge is 0.397 e. The van der Waals surface area contributed by atoms with Gasteiger partial charge in [0, 0.05) is 7.05 Å². The smallest absolute Gasteiger partial charge is 0.343 e. The van der Waals surface area contributed by atoms with Crippen molar-refractivity contribution >= 4 is 17.3 Å². The maximum atomic E-state index is 11.2. The van der Waals surface area contributed by atoms with Crippen LogP contribution in [0.1, 0.15) is 0 Å². The van der Waals surface area contributed by atoms with E-state index in [0.717, 1.165) is 4.68 Å². The zero-order chi connectivity index (χ0) is 11.0. The average Bonchev–Trinajstić information content (AvgIpc) is 2.51. The second-order valence-corrected chi connectivity index (χ2v) is 3.36. The molecule has 0 saturated carbocycles. The molecule has 0 aliphatic rings. The first-order valence-electron chi connectivity index (χ1n) is 4.13. The summed E-state index contributed by atoms with van der Waals surface area (Å²) in [6.45, 7) is 0. The molecule has 0 saturated heterocycles. The van der Waals surface area contributed by atoms with Crippen molar-refractivity contribution in [1.82, 2.24) is 19.7 Å². The van der Waals surface area contributed by atoms with E-state index in [1.807, 2.05) is 0 Å². The molecule has 6 nitrogen and oxygen atoms in total. The van der Waals surface area contributed by atoms with Gasteiger partial charge >= 0.3 is 5.69 Å². The first-order chi connectivity index (χ1) is 7.08. The molecule has 2 rings (SSSR count). The normalized spacial score (nSPS) is 10.5. The van der Waals surface area contributed by atoms with Crippen LogP contribution in [0, 0.1) is 0 Å². The number of nitrogens with zero attached hydrogens (tertiary/aromatic N) is 3. The number of aromatic amines is 1. The molecule has 0 spiro atoms. The molecule has 0 aliphatic heterocycles. The monoisotopic (exact) mass is 225 g/mol. The lowest BCUT2D eigenvalue weighted by Crippen LogP contribution is -2.13. The fraction of sp³-hybridized carbons (Fsp3) is 0.125. The Labute approximate surface area is 89.7 Å². The van der Waals surface area contributed by atoms with Crippen LogP contribution in [0.25, 0.3) is 11.5 Å². The number of rotatable bonds is 1. The molecule has 2 heterocycles. The van der Waals surface area contributed by atoms with Crippen molar-refractivity contribution in [2.45, 2.75) is 0 Å². The number of nitrogens with two attached hydrogens (primary N) is 1. The molecule has 0 bridgehead atoms. The SMILES string of the molecule is Cn1nc(-c2nc(Cl)ccc2N)[nH]c1=O. The number of hydrogen-bond acceptors (Lipinski definition) is 4. The van der Waals surface area contributed by atoms with Gasteiger partial charge < -0.3 is 5.73 Å².